The van der Waals surface area contributed by atoms with Gasteiger partial charge in [-0.2, -0.15) is 5.26 Å². The van der Waals surface area contributed by atoms with E-state index in [0.717, 1.165) is 5.56 Å². The highest BCUT2D eigenvalue weighted by molar-refractivity contribution is 5.91. The van der Waals surface area contributed by atoms with Gasteiger partial charge in [0.1, 0.15) is 17.4 Å². The lowest BCUT2D eigenvalue weighted by Crippen LogP contribution is -2.27. The molecule has 0 aromatic heterocycles. The summed E-state index contributed by atoms with van der Waals surface area (Å²) in [5, 5.41) is 14.7. The average molecular weight is 397 g/mol. The van der Waals surface area contributed by atoms with E-state index in [4.69, 9.17) is 14.7 Å². The summed E-state index contributed by atoms with van der Waals surface area (Å²) in [5.41, 5.74) is 1.15. The minimum atomic E-state index is -0.579. The van der Waals surface area contributed by atoms with E-state index in [1.165, 1.54) is 18.2 Å². The lowest BCUT2D eigenvalue weighted by Gasteiger charge is -2.13. The van der Waals surface area contributed by atoms with Crippen molar-refractivity contribution in [3.05, 3.63) is 59.4 Å². The largest absolute Gasteiger partial charge is 0.493 e. The second kappa shape index (κ2) is 10.7. The predicted octanol–water partition coefficient (Wildman–Crippen LogP) is 3.73. The maximum Gasteiger partial charge on any atom is 0.244 e. The molecule has 1 amide bonds. The second-order valence-electron chi connectivity index (χ2n) is 6.40. The number of hydrogen-bond donors (Lipinski definition) is 2. The highest BCUT2D eigenvalue weighted by Gasteiger charge is 2.08. The number of carbonyl (C=O) groups excluding carboxylic acids is 1. The zero-order valence-electron chi connectivity index (χ0n) is 16.7. The molecule has 0 spiro atoms. The standard InChI is InChI=1S/C22H24FN3O3/c1-15(2)29-20-9-7-16(13-21(20)28-3)8-10-22(27)26-12-11-25-19-6-4-5-18(23)17(19)14-24/h4-10,13,15,25H,11-12H2,1-3H3,(H,26,27). The number of nitriles is 1. The van der Waals surface area contributed by atoms with Crippen molar-refractivity contribution >= 4 is 17.7 Å². The summed E-state index contributed by atoms with van der Waals surface area (Å²) in [6.07, 6.45) is 3.12. The van der Waals surface area contributed by atoms with E-state index < -0.39 is 5.82 Å². The molecular weight excluding hydrogens is 373 g/mol. The maximum atomic E-state index is 13.5. The highest BCUT2D eigenvalue weighted by Crippen LogP contribution is 2.29. The van der Waals surface area contributed by atoms with Gasteiger partial charge in [-0.25, -0.2) is 4.39 Å². The first-order chi connectivity index (χ1) is 13.9. The van der Waals surface area contributed by atoms with Gasteiger partial charge in [-0.3, -0.25) is 4.79 Å². The molecule has 0 heterocycles. The zero-order chi connectivity index (χ0) is 21.2. The molecule has 0 saturated heterocycles. The van der Waals surface area contributed by atoms with Gasteiger partial charge in [0.05, 0.1) is 18.9 Å². The number of halogens is 1. The van der Waals surface area contributed by atoms with E-state index in [9.17, 15) is 9.18 Å². The van der Waals surface area contributed by atoms with Crippen LogP contribution in [0.5, 0.6) is 11.5 Å². The molecule has 0 radical (unpaired) electrons. The first-order valence-corrected chi connectivity index (χ1v) is 9.17. The van der Waals surface area contributed by atoms with Crippen molar-refractivity contribution in [1.82, 2.24) is 5.32 Å². The SMILES string of the molecule is COc1cc(C=CC(=O)NCCNc2cccc(F)c2C#N)ccc1OC(C)C. The van der Waals surface area contributed by atoms with Crippen LogP contribution in [-0.4, -0.2) is 32.2 Å². The molecule has 0 saturated carbocycles. The molecule has 0 unspecified atom stereocenters. The maximum absolute atomic E-state index is 13.5. The van der Waals surface area contributed by atoms with E-state index in [2.05, 4.69) is 10.6 Å². The highest BCUT2D eigenvalue weighted by atomic mass is 19.1. The van der Waals surface area contributed by atoms with Crippen molar-refractivity contribution in [3.63, 3.8) is 0 Å². The molecule has 0 aliphatic rings. The molecule has 152 valence electrons. The van der Waals surface area contributed by atoms with Crippen molar-refractivity contribution in [3.8, 4) is 17.6 Å². The fourth-order valence-corrected chi connectivity index (χ4v) is 2.54. The quantitative estimate of drug-likeness (QED) is 0.498. The topological polar surface area (TPSA) is 83.4 Å². The van der Waals surface area contributed by atoms with Gasteiger partial charge in [-0.05, 0) is 49.8 Å². The number of anilines is 1. The Morgan fingerprint density at radius 2 is 2.03 bits per heavy atom. The molecule has 0 atom stereocenters. The normalized spacial score (nSPS) is 10.6. The van der Waals surface area contributed by atoms with E-state index in [1.807, 2.05) is 26.0 Å². The van der Waals surface area contributed by atoms with Crippen molar-refractivity contribution < 1.29 is 18.7 Å². The summed E-state index contributed by atoms with van der Waals surface area (Å²) in [6.45, 7) is 4.53. The molecular formula is C22H24FN3O3. The fourth-order valence-electron chi connectivity index (χ4n) is 2.54. The molecule has 6 nitrogen and oxygen atoms in total. The fraction of sp³-hybridized carbons (Fsp3) is 0.273. The van der Waals surface area contributed by atoms with Crippen LogP contribution in [0.1, 0.15) is 25.0 Å². The lowest BCUT2D eigenvalue weighted by molar-refractivity contribution is -0.116. The summed E-state index contributed by atoms with van der Waals surface area (Å²) in [4.78, 5) is 12.0. The zero-order valence-corrected chi connectivity index (χ0v) is 16.7. The summed E-state index contributed by atoms with van der Waals surface area (Å²) in [7, 11) is 1.56. The average Bonchev–Trinajstić information content (AvgIpc) is 2.70. The Labute approximate surface area is 169 Å². The van der Waals surface area contributed by atoms with Gasteiger partial charge >= 0.3 is 0 Å². The van der Waals surface area contributed by atoms with E-state index in [1.54, 1.807) is 31.4 Å². The third-order valence-electron chi connectivity index (χ3n) is 3.84. The Morgan fingerprint density at radius 3 is 2.72 bits per heavy atom. The van der Waals surface area contributed by atoms with Gasteiger partial charge < -0.3 is 20.1 Å². The van der Waals surface area contributed by atoms with Crippen LogP contribution in [0, 0.1) is 17.1 Å². The van der Waals surface area contributed by atoms with Gasteiger partial charge in [0.15, 0.2) is 11.5 Å². The summed E-state index contributed by atoms with van der Waals surface area (Å²) >= 11 is 0. The van der Waals surface area contributed by atoms with Gasteiger partial charge in [0.25, 0.3) is 0 Å². The number of benzene rings is 2. The molecule has 2 N–H and O–H groups in total. The van der Waals surface area contributed by atoms with Gasteiger partial charge in [-0.1, -0.05) is 12.1 Å². The Morgan fingerprint density at radius 1 is 1.24 bits per heavy atom. The van der Waals surface area contributed by atoms with E-state index in [-0.39, 0.29) is 17.6 Å². The Hall–Kier alpha value is -3.53. The molecule has 29 heavy (non-hydrogen) atoms. The van der Waals surface area contributed by atoms with Crippen LogP contribution >= 0.6 is 0 Å². The number of ether oxygens (including phenoxy) is 2. The van der Waals surface area contributed by atoms with Crippen LogP contribution in [0.4, 0.5) is 10.1 Å². The van der Waals surface area contributed by atoms with E-state index >= 15 is 0 Å². The molecule has 0 aliphatic heterocycles. The van der Waals surface area contributed by atoms with Crippen molar-refractivity contribution in [2.24, 2.45) is 0 Å². The molecule has 0 bridgehead atoms. The van der Waals surface area contributed by atoms with Crippen LogP contribution < -0.4 is 20.1 Å². The summed E-state index contributed by atoms with van der Waals surface area (Å²) in [5.74, 6) is 0.385. The van der Waals surface area contributed by atoms with Crippen LogP contribution in [0.25, 0.3) is 6.08 Å². The molecule has 0 fully saturated rings. The number of carbonyl (C=O) groups is 1. The lowest BCUT2D eigenvalue weighted by atomic mass is 10.2. The number of rotatable bonds is 9. The Balaban J connectivity index is 1.86. The van der Waals surface area contributed by atoms with Crippen molar-refractivity contribution in [2.45, 2.75) is 20.0 Å². The number of hydrogen-bond acceptors (Lipinski definition) is 5. The van der Waals surface area contributed by atoms with Gasteiger partial charge in [-0.15, -0.1) is 0 Å². The molecule has 2 aromatic carbocycles. The predicted molar refractivity (Wildman–Crippen MR) is 110 cm³/mol. The van der Waals surface area contributed by atoms with Crippen molar-refractivity contribution in [2.75, 3.05) is 25.5 Å². The minimum absolute atomic E-state index is 0.0290. The molecule has 7 heteroatoms. The number of amides is 1. The van der Waals surface area contributed by atoms with Gasteiger partial charge in [0, 0.05) is 19.2 Å². The third-order valence-corrected chi connectivity index (χ3v) is 3.84. The van der Waals surface area contributed by atoms with Crippen LogP contribution in [0.15, 0.2) is 42.5 Å². The first kappa shape index (κ1) is 21.8. The van der Waals surface area contributed by atoms with Crippen LogP contribution in [0.3, 0.4) is 0 Å². The smallest absolute Gasteiger partial charge is 0.244 e. The Bertz CT molecular complexity index is 920. The summed E-state index contributed by atoms with van der Waals surface area (Å²) in [6, 6.07) is 11.6. The van der Waals surface area contributed by atoms with Crippen LogP contribution in [-0.2, 0) is 4.79 Å². The second-order valence-corrected chi connectivity index (χ2v) is 6.40. The number of methoxy groups -OCH3 is 1. The van der Waals surface area contributed by atoms with Gasteiger partial charge in [0.2, 0.25) is 5.91 Å². The first-order valence-electron chi connectivity index (χ1n) is 9.17. The molecule has 0 aliphatic carbocycles. The summed E-state index contributed by atoms with van der Waals surface area (Å²) < 4.78 is 24.5. The van der Waals surface area contributed by atoms with E-state index in [0.29, 0.717) is 30.3 Å². The van der Waals surface area contributed by atoms with Crippen LogP contribution in [0.2, 0.25) is 0 Å². The minimum Gasteiger partial charge on any atom is -0.493 e. The Kier molecular flexibility index (Phi) is 8.04. The molecule has 2 aromatic rings. The number of nitrogens with one attached hydrogen (secondary N) is 2. The molecule has 2 rings (SSSR count). The van der Waals surface area contributed by atoms with Crippen molar-refractivity contribution in [1.29, 1.82) is 5.26 Å². The monoisotopic (exact) mass is 397 g/mol. The third kappa shape index (κ3) is 6.54. The number of nitrogens with zero attached hydrogens (tertiary/aromatic N) is 1.